The third-order valence-electron chi connectivity index (χ3n) is 6.76. The van der Waals surface area contributed by atoms with E-state index in [9.17, 15) is 4.79 Å². The summed E-state index contributed by atoms with van der Waals surface area (Å²) in [6.45, 7) is 6.91. The lowest BCUT2D eigenvalue weighted by Gasteiger charge is -2.21. The number of hydrogen-bond donors (Lipinski definition) is 1. The molecule has 0 aliphatic carbocycles. The molecule has 204 valence electrons. The minimum Gasteiger partial charge on any atom is -0.457 e. The summed E-state index contributed by atoms with van der Waals surface area (Å²) < 4.78 is 8.14. The molecule has 3 aromatic heterocycles. The average Bonchev–Trinajstić information content (AvgIpc) is 3.33. The Labute approximate surface area is 233 Å². The summed E-state index contributed by atoms with van der Waals surface area (Å²) in [4.78, 5) is 33.5. The van der Waals surface area contributed by atoms with E-state index < -0.39 is 0 Å². The number of amides is 1. The normalized spacial score (nSPS) is 11.0. The first-order valence-corrected chi connectivity index (χ1v) is 13.0. The Morgan fingerprint density at radius 1 is 1.05 bits per heavy atom. The topological polar surface area (TPSA) is 101 Å². The molecule has 3 heterocycles. The van der Waals surface area contributed by atoms with E-state index in [1.165, 1.54) is 12.4 Å². The van der Waals surface area contributed by atoms with Gasteiger partial charge in [0, 0.05) is 46.0 Å². The van der Waals surface area contributed by atoms with E-state index in [1.54, 1.807) is 18.3 Å². The zero-order chi connectivity index (χ0) is 28.2. The Hall–Kier alpha value is -4.99. The van der Waals surface area contributed by atoms with E-state index in [-0.39, 0.29) is 5.91 Å². The number of aromatic nitrogens is 5. The van der Waals surface area contributed by atoms with Crippen LogP contribution >= 0.6 is 0 Å². The number of rotatable bonds is 10. The first-order valence-electron chi connectivity index (χ1n) is 13.0. The van der Waals surface area contributed by atoms with E-state index in [1.807, 2.05) is 74.1 Å². The molecular formula is C30H32N8O2. The number of anilines is 3. The minimum absolute atomic E-state index is 0.0832. The second-order valence-corrected chi connectivity index (χ2v) is 9.71. The number of aryl methyl sites for hydroxylation is 2. The zero-order valence-corrected chi connectivity index (χ0v) is 23.1. The average molecular weight is 537 g/mol. The molecule has 40 heavy (non-hydrogen) atoms. The lowest BCUT2D eigenvalue weighted by Crippen LogP contribution is -2.29. The summed E-state index contributed by atoms with van der Waals surface area (Å²) in [6.07, 6.45) is 5.45. The Kier molecular flexibility index (Phi) is 7.59. The molecule has 10 heteroatoms. The standard InChI is InChI=1S/C30H32N8O2/c1-6-28(39)37(4)15-7-14-36(3)27-13-10-23-29(35-27)30(32-18-31-23)34-21-8-12-26(20(2)16-21)40-22-9-11-25-24(17-22)33-19-38(25)5/h6,8-13,16-19H,1,7,14-15H2,2-5H3,(H,31,32,34). The number of carbonyl (C=O) groups is 1. The van der Waals surface area contributed by atoms with E-state index in [2.05, 4.69) is 31.7 Å². The van der Waals surface area contributed by atoms with Crippen LogP contribution in [0.15, 0.2) is 73.8 Å². The Balaban J connectivity index is 1.30. The number of carbonyl (C=O) groups excluding carboxylic acids is 1. The van der Waals surface area contributed by atoms with Crippen LogP contribution in [0.5, 0.6) is 11.5 Å². The highest BCUT2D eigenvalue weighted by Crippen LogP contribution is 2.31. The maximum absolute atomic E-state index is 11.7. The van der Waals surface area contributed by atoms with Crippen LogP contribution in [-0.2, 0) is 11.8 Å². The molecule has 0 unspecified atom stereocenters. The van der Waals surface area contributed by atoms with Crippen molar-refractivity contribution in [2.75, 3.05) is 37.4 Å². The molecule has 2 aromatic carbocycles. The van der Waals surface area contributed by atoms with E-state index in [0.29, 0.717) is 17.9 Å². The minimum atomic E-state index is -0.0832. The van der Waals surface area contributed by atoms with E-state index in [4.69, 9.17) is 9.72 Å². The van der Waals surface area contributed by atoms with Gasteiger partial charge < -0.3 is 24.4 Å². The monoisotopic (exact) mass is 536 g/mol. The molecule has 5 rings (SSSR count). The Morgan fingerprint density at radius 2 is 1.90 bits per heavy atom. The number of benzene rings is 2. The summed E-state index contributed by atoms with van der Waals surface area (Å²) >= 11 is 0. The molecule has 1 amide bonds. The predicted octanol–water partition coefficient (Wildman–Crippen LogP) is 5.23. The van der Waals surface area contributed by atoms with Gasteiger partial charge in [0.05, 0.1) is 22.9 Å². The van der Waals surface area contributed by atoms with E-state index in [0.717, 1.165) is 58.1 Å². The van der Waals surface area contributed by atoms with Crippen LogP contribution in [0.2, 0.25) is 0 Å². The number of likely N-dealkylation sites (N-methyl/N-ethyl adjacent to an activating group) is 1. The van der Waals surface area contributed by atoms with Gasteiger partial charge in [-0.2, -0.15) is 0 Å². The molecule has 0 saturated heterocycles. The van der Waals surface area contributed by atoms with Gasteiger partial charge in [-0.3, -0.25) is 4.79 Å². The fourth-order valence-electron chi connectivity index (χ4n) is 4.44. The van der Waals surface area contributed by atoms with Crippen molar-refractivity contribution in [3.63, 3.8) is 0 Å². The maximum Gasteiger partial charge on any atom is 0.245 e. The molecule has 0 aliphatic heterocycles. The summed E-state index contributed by atoms with van der Waals surface area (Å²) in [6, 6.07) is 15.7. The number of ether oxygens (including phenoxy) is 1. The molecular weight excluding hydrogens is 504 g/mol. The molecule has 0 atom stereocenters. The molecule has 0 saturated carbocycles. The van der Waals surface area contributed by atoms with Crippen LogP contribution in [0, 0.1) is 6.92 Å². The summed E-state index contributed by atoms with van der Waals surface area (Å²) in [7, 11) is 5.72. The summed E-state index contributed by atoms with van der Waals surface area (Å²) in [5.74, 6) is 2.82. The summed E-state index contributed by atoms with van der Waals surface area (Å²) in [5.41, 5.74) is 5.19. The van der Waals surface area contributed by atoms with Crippen molar-refractivity contribution in [3.8, 4) is 11.5 Å². The third kappa shape index (κ3) is 5.70. The van der Waals surface area contributed by atoms with Crippen molar-refractivity contribution >= 4 is 45.3 Å². The fraction of sp³-hybridized carbons (Fsp3) is 0.233. The van der Waals surface area contributed by atoms with Crippen LogP contribution in [0.25, 0.3) is 22.1 Å². The largest absolute Gasteiger partial charge is 0.457 e. The highest BCUT2D eigenvalue weighted by molar-refractivity contribution is 5.88. The van der Waals surface area contributed by atoms with Gasteiger partial charge in [-0.25, -0.2) is 19.9 Å². The molecule has 0 bridgehead atoms. The van der Waals surface area contributed by atoms with Gasteiger partial charge in [0.2, 0.25) is 5.91 Å². The van der Waals surface area contributed by atoms with Gasteiger partial charge >= 0.3 is 0 Å². The van der Waals surface area contributed by atoms with Crippen molar-refractivity contribution in [1.29, 1.82) is 0 Å². The van der Waals surface area contributed by atoms with Crippen molar-refractivity contribution in [2.24, 2.45) is 7.05 Å². The van der Waals surface area contributed by atoms with Gasteiger partial charge in [0.1, 0.15) is 29.2 Å². The van der Waals surface area contributed by atoms with Crippen molar-refractivity contribution in [2.45, 2.75) is 13.3 Å². The molecule has 5 aromatic rings. The zero-order valence-electron chi connectivity index (χ0n) is 23.1. The van der Waals surface area contributed by atoms with Gasteiger partial charge in [0.25, 0.3) is 0 Å². The quantitative estimate of drug-likeness (QED) is 0.242. The first-order chi connectivity index (χ1) is 19.3. The number of fused-ring (bicyclic) bond motifs is 2. The molecule has 0 radical (unpaired) electrons. The highest BCUT2D eigenvalue weighted by atomic mass is 16.5. The second kappa shape index (κ2) is 11.4. The van der Waals surface area contributed by atoms with Crippen molar-refractivity contribution < 1.29 is 9.53 Å². The van der Waals surface area contributed by atoms with Gasteiger partial charge in [0.15, 0.2) is 5.82 Å². The third-order valence-corrected chi connectivity index (χ3v) is 6.76. The van der Waals surface area contributed by atoms with Crippen LogP contribution < -0.4 is 15.0 Å². The SMILES string of the molecule is C=CC(=O)N(C)CCCN(C)c1ccc2ncnc(Nc3ccc(Oc4ccc5c(c4)ncn5C)c(C)c3)c2n1. The number of pyridine rings is 1. The van der Waals surface area contributed by atoms with Crippen molar-refractivity contribution in [3.05, 3.63) is 79.4 Å². The lowest BCUT2D eigenvalue weighted by molar-refractivity contribution is -0.124. The second-order valence-electron chi connectivity index (χ2n) is 9.71. The number of imidazole rings is 1. The maximum atomic E-state index is 11.7. The van der Waals surface area contributed by atoms with Crippen LogP contribution in [0.4, 0.5) is 17.3 Å². The van der Waals surface area contributed by atoms with Gasteiger partial charge in [-0.15, -0.1) is 0 Å². The number of hydrogen-bond acceptors (Lipinski definition) is 8. The molecule has 0 aliphatic rings. The summed E-state index contributed by atoms with van der Waals surface area (Å²) in [5, 5.41) is 3.39. The molecule has 0 spiro atoms. The number of nitrogens with one attached hydrogen (secondary N) is 1. The van der Waals surface area contributed by atoms with Crippen LogP contribution in [0.3, 0.4) is 0 Å². The fourth-order valence-corrected chi connectivity index (χ4v) is 4.44. The highest BCUT2D eigenvalue weighted by Gasteiger charge is 2.12. The van der Waals surface area contributed by atoms with Crippen molar-refractivity contribution in [1.82, 2.24) is 29.4 Å². The smallest absolute Gasteiger partial charge is 0.245 e. The Morgan fingerprint density at radius 3 is 2.70 bits per heavy atom. The van der Waals surface area contributed by atoms with Crippen LogP contribution in [0.1, 0.15) is 12.0 Å². The van der Waals surface area contributed by atoms with Crippen LogP contribution in [-0.4, -0.2) is 62.5 Å². The molecule has 10 nitrogen and oxygen atoms in total. The lowest BCUT2D eigenvalue weighted by atomic mass is 10.2. The molecule has 1 N–H and O–H groups in total. The first kappa shape index (κ1) is 26.6. The molecule has 0 fully saturated rings. The predicted molar refractivity (Wildman–Crippen MR) is 158 cm³/mol. The van der Waals surface area contributed by atoms with Gasteiger partial charge in [-0.1, -0.05) is 6.58 Å². The van der Waals surface area contributed by atoms with Gasteiger partial charge in [-0.05, 0) is 67.4 Å². The Bertz CT molecular complexity index is 1700. The number of nitrogens with zero attached hydrogens (tertiary/aromatic N) is 7. The van der Waals surface area contributed by atoms with E-state index >= 15 is 0 Å².